The van der Waals surface area contributed by atoms with Gasteiger partial charge in [0, 0.05) is 13.0 Å². The highest BCUT2D eigenvalue weighted by Crippen LogP contribution is 2.19. The number of carbonyl (C=O) groups excluding carboxylic acids is 1. The topological polar surface area (TPSA) is 70.4 Å². The van der Waals surface area contributed by atoms with Crippen LogP contribution in [0.4, 0.5) is 0 Å². The molecule has 0 radical (unpaired) electrons. The Bertz CT molecular complexity index is 538. The van der Waals surface area contributed by atoms with E-state index >= 15 is 0 Å². The van der Waals surface area contributed by atoms with E-state index in [-0.39, 0.29) is 5.91 Å². The van der Waals surface area contributed by atoms with Crippen molar-refractivity contribution in [1.29, 1.82) is 0 Å². The highest BCUT2D eigenvalue weighted by Gasteiger charge is 2.22. The third kappa shape index (κ3) is 5.54. The van der Waals surface area contributed by atoms with E-state index in [1.54, 1.807) is 0 Å². The molecule has 3 rings (SSSR count). The number of aryl methyl sites for hydroxylation is 2. The molecule has 6 heteroatoms. The Balaban J connectivity index is 1.30. The first-order valence-corrected chi connectivity index (χ1v) is 9.73. The second-order valence-corrected chi connectivity index (χ2v) is 7.67. The second kappa shape index (κ2) is 8.81. The average molecular weight is 348 g/mol. The van der Waals surface area contributed by atoms with Crippen LogP contribution in [0.2, 0.25) is 0 Å². The number of hydrogen-bond acceptors (Lipinski definition) is 5. The Labute approximate surface area is 150 Å². The maximum atomic E-state index is 12.0. The van der Waals surface area contributed by atoms with E-state index in [2.05, 4.69) is 20.5 Å². The molecule has 1 unspecified atom stereocenters. The fraction of sp³-hybridized carbons (Fsp3) is 0.789. The van der Waals surface area contributed by atoms with Crippen molar-refractivity contribution < 1.29 is 9.21 Å². The van der Waals surface area contributed by atoms with Gasteiger partial charge >= 0.3 is 0 Å². The lowest BCUT2D eigenvalue weighted by molar-refractivity contribution is -0.121. The number of nitrogens with zero attached hydrogens (tertiary/aromatic N) is 2. The zero-order chi connectivity index (χ0) is 17.6. The number of piperidine rings is 1. The van der Waals surface area contributed by atoms with E-state index in [9.17, 15) is 4.79 Å². The van der Waals surface area contributed by atoms with Crippen molar-refractivity contribution in [3.63, 3.8) is 0 Å². The molecule has 1 amide bonds. The van der Waals surface area contributed by atoms with E-state index in [1.807, 2.05) is 13.8 Å². The first-order valence-electron chi connectivity index (χ1n) is 9.73. The van der Waals surface area contributed by atoms with Crippen molar-refractivity contribution in [2.45, 2.75) is 52.5 Å². The highest BCUT2D eigenvalue weighted by molar-refractivity contribution is 5.75. The Kier molecular flexibility index (Phi) is 6.48. The second-order valence-electron chi connectivity index (χ2n) is 7.67. The predicted octanol–water partition coefficient (Wildman–Crippen LogP) is 2.01. The minimum atomic E-state index is 0.222. The van der Waals surface area contributed by atoms with Crippen LogP contribution in [0.1, 0.15) is 49.4 Å². The van der Waals surface area contributed by atoms with Gasteiger partial charge in [-0.25, -0.2) is 4.98 Å². The van der Waals surface area contributed by atoms with Crippen LogP contribution in [0, 0.1) is 25.7 Å². The third-order valence-electron chi connectivity index (χ3n) is 5.67. The molecule has 2 N–H and O–H groups in total. The fourth-order valence-corrected chi connectivity index (χ4v) is 3.79. The summed E-state index contributed by atoms with van der Waals surface area (Å²) in [4.78, 5) is 18.9. The lowest BCUT2D eigenvalue weighted by Gasteiger charge is -2.31. The Hall–Kier alpha value is -1.40. The van der Waals surface area contributed by atoms with Crippen LogP contribution in [0.15, 0.2) is 4.42 Å². The minimum absolute atomic E-state index is 0.222. The molecule has 0 bridgehead atoms. The number of rotatable bonds is 7. The summed E-state index contributed by atoms with van der Waals surface area (Å²) in [5.74, 6) is 3.25. The van der Waals surface area contributed by atoms with Gasteiger partial charge in [0.05, 0.1) is 12.2 Å². The van der Waals surface area contributed by atoms with Crippen molar-refractivity contribution in [2.75, 3.05) is 32.7 Å². The highest BCUT2D eigenvalue weighted by atomic mass is 16.4. The standard InChI is InChI=1S/C19H32N4O2/c1-14-15(2)25-19(22-14)13-23-9-6-17(7-10-23)12-21-18(24)4-3-16-5-8-20-11-16/h16-17,20H,3-13H2,1-2H3,(H,21,24). The molecular formula is C19H32N4O2. The summed E-state index contributed by atoms with van der Waals surface area (Å²) < 4.78 is 5.68. The Morgan fingerprint density at radius 1 is 1.28 bits per heavy atom. The molecule has 25 heavy (non-hydrogen) atoms. The van der Waals surface area contributed by atoms with Crippen LogP contribution in [0.5, 0.6) is 0 Å². The number of likely N-dealkylation sites (tertiary alicyclic amines) is 1. The van der Waals surface area contributed by atoms with Gasteiger partial charge < -0.3 is 15.1 Å². The molecule has 2 aliphatic heterocycles. The van der Waals surface area contributed by atoms with Crippen LogP contribution in [0.25, 0.3) is 0 Å². The van der Waals surface area contributed by atoms with E-state index in [1.165, 1.54) is 6.42 Å². The summed E-state index contributed by atoms with van der Waals surface area (Å²) in [6.07, 6.45) is 5.17. The van der Waals surface area contributed by atoms with Gasteiger partial charge in [0.15, 0.2) is 0 Å². The zero-order valence-electron chi connectivity index (χ0n) is 15.6. The zero-order valence-corrected chi connectivity index (χ0v) is 15.6. The number of hydrogen-bond donors (Lipinski definition) is 2. The maximum Gasteiger partial charge on any atom is 0.220 e. The van der Waals surface area contributed by atoms with Gasteiger partial charge in [0.1, 0.15) is 5.76 Å². The van der Waals surface area contributed by atoms with Crippen LogP contribution in [-0.2, 0) is 11.3 Å². The van der Waals surface area contributed by atoms with Crippen molar-refractivity contribution in [3.8, 4) is 0 Å². The predicted molar refractivity (Wildman–Crippen MR) is 97.2 cm³/mol. The first-order chi connectivity index (χ1) is 12.1. The number of aromatic nitrogens is 1. The van der Waals surface area contributed by atoms with Gasteiger partial charge in [-0.2, -0.15) is 0 Å². The van der Waals surface area contributed by atoms with Gasteiger partial charge in [-0.05, 0) is 77.5 Å². The molecular weight excluding hydrogens is 316 g/mol. The summed E-state index contributed by atoms with van der Waals surface area (Å²) in [6.45, 7) is 9.86. The van der Waals surface area contributed by atoms with Crippen LogP contribution >= 0.6 is 0 Å². The quantitative estimate of drug-likeness (QED) is 0.789. The Morgan fingerprint density at radius 3 is 2.72 bits per heavy atom. The molecule has 1 aromatic rings. The van der Waals surface area contributed by atoms with E-state index in [0.717, 1.165) is 75.9 Å². The van der Waals surface area contributed by atoms with Crippen LogP contribution in [0.3, 0.4) is 0 Å². The fourth-order valence-electron chi connectivity index (χ4n) is 3.79. The number of oxazole rings is 1. The lowest BCUT2D eigenvalue weighted by Crippen LogP contribution is -2.38. The summed E-state index contributed by atoms with van der Waals surface area (Å²) >= 11 is 0. The van der Waals surface area contributed by atoms with Gasteiger partial charge in [-0.1, -0.05) is 0 Å². The molecule has 0 spiro atoms. The van der Waals surface area contributed by atoms with E-state index < -0.39 is 0 Å². The molecule has 1 atom stereocenters. The number of carbonyl (C=O) groups is 1. The average Bonchev–Trinajstić information content (AvgIpc) is 3.22. The van der Waals surface area contributed by atoms with Gasteiger partial charge in [0.25, 0.3) is 0 Å². The summed E-state index contributed by atoms with van der Waals surface area (Å²) in [5, 5.41) is 6.50. The van der Waals surface area contributed by atoms with Crippen molar-refractivity contribution in [2.24, 2.45) is 11.8 Å². The largest absolute Gasteiger partial charge is 0.444 e. The molecule has 2 saturated heterocycles. The maximum absolute atomic E-state index is 12.0. The summed E-state index contributed by atoms with van der Waals surface area (Å²) in [7, 11) is 0. The number of nitrogens with one attached hydrogen (secondary N) is 2. The molecule has 2 aliphatic rings. The minimum Gasteiger partial charge on any atom is -0.444 e. The molecule has 6 nitrogen and oxygen atoms in total. The van der Waals surface area contributed by atoms with Crippen molar-refractivity contribution in [3.05, 3.63) is 17.3 Å². The van der Waals surface area contributed by atoms with Gasteiger partial charge in [-0.15, -0.1) is 0 Å². The summed E-state index contributed by atoms with van der Waals surface area (Å²) in [6, 6.07) is 0. The molecule has 3 heterocycles. The Morgan fingerprint density at radius 2 is 2.08 bits per heavy atom. The first kappa shape index (κ1) is 18.4. The molecule has 2 fully saturated rings. The SMILES string of the molecule is Cc1nc(CN2CCC(CNC(=O)CCC3CCNC3)CC2)oc1C. The van der Waals surface area contributed by atoms with Crippen molar-refractivity contribution in [1.82, 2.24) is 20.5 Å². The number of amides is 1. The lowest BCUT2D eigenvalue weighted by atomic mass is 9.96. The molecule has 0 aromatic carbocycles. The smallest absolute Gasteiger partial charge is 0.220 e. The van der Waals surface area contributed by atoms with E-state index in [4.69, 9.17) is 4.42 Å². The molecule has 1 aromatic heterocycles. The summed E-state index contributed by atoms with van der Waals surface area (Å²) in [5.41, 5.74) is 0.987. The molecule has 0 aliphatic carbocycles. The third-order valence-corrected chi connectivity index (χ3v) is 5.67. The van der Waals surface area contributed by atoms with Crippen LogP contribution in [-0.4, -0.2) is 48.5 Å². The van der Waals surface area contributed by atoms with E-state index in [0.29, 0.717) is 18.3 Å². The molecule has 0 saturated carbocycles. The molecule has 140 valence electrons. The van der Waals surface area contributed by atoms with Crippen LogP contribution < -0.4 is 10.6 Å². The normalized spacial score (nSPS) is 22.4. The van der Waals surface area contributed by atoms with Gasteiger partial charge in [0.2, 0.25) is 11.8 Å². The monoisotopic (exact) mass is 348 g/mol. The van der Waals surface area contributed by atoms with Gasteiger partial charge in [-0.3, -0.25) is 9.69 Å². The van der Waals surface area contributed by atoms with Crippen molar-refractivity contribution >= 4 is 5.91 Å².